The first kappa shape index (κ1) is 22.1. The molecule has 0 aromatic carbocycles. The van der Waals surface area contributed by atoms with E-state index >= 15 is 0 Å². The predicted octanol–water partition coefficient (Wildman–Crippen LogP) is 4.51. The van der Waals surface area contributed by atoms with Crippen molar-refractivity contribution < 1.29 is 9.84 Å². The fraction of sp³-hybridized carbons (Fsp3) is 0.577. The van der Waals surface area contributed by atoms with Crippen LogP contribution < -0.4 is 5.32 Å². The Hall–Kier alpha value is -1.73. The summed E-state index contributed by atoms with van der Waals surface area (Å²) in [6, 6.07) is 7.43. The number of anilines is 1. The molecule has 4 heterocycles. The Morgan fingerprint density at radius 2 is 2.25 bits per heavy atom. The van der Waals surface area contributed by atoms with Gasteiger partial charge < -0.3 is 15.2 Å². The highest BCUT2D eigenvalue weighted by Gasteiger charge is 2.44. The highest BCUT2D eigenvalue weighted by Crippen LogP contribution is 2.46. The zero-order chi connectivity index (χ0) is 22.1. The number of nitrogens with zero attached hydrogens (tertiary/aromatic N) is 2. The first-order valence-corrected chi connectivity index (χ1v) is 12.9. The Bertz CT molecular complexity index is 956. The molecule has 0 amide bonds. The van der Waals surface area contributed by atoms with Crippen molar-refractivity contribution in [2.45, 2.75) is 70.2 Å². The summed E-state index contributed by atoms with van der Waals surface area (Å²) in [5.41, 5.74) is 2.65. The van der Waals surface area contributed by atoms with Gasteiger partial charge in [0.15, 0.2) is 0 Å². The molecule has 3 aliphatic rings. The molecule has 2 N–H and O–H groups in total. The van der Waals surface area contributed by atoms with Crippen LogP contribution in [0.5, 0.6) is 0 Å². The van der Waals surface area contributed by atoms with Gasteiger partial charge in [-0.15, -0.1) is 11.3 Å². The maximum absolute atomic E-state index is 9.30. The van der Waals surface area contributed by atoms with Crippen LogP contribution in [0.15, 0.2) is 36.5 Å². The molecule has 1 saturated heterocycles. The number of piperidine rings is 1. The average molecular weight is 454 g/mol. The minimum atomic E-state index is -0.0827. The molecular formula is C26H35N3O2S. The Morgan fingerprint density at radius 3 is 2.97 bits per heavy atom. The van der Waals surface area contributed by atoms with Crippen molar-refractivity contribution in [1.29, 1.82) is 0 Å². The molecule has 6 heteroatoms. The van der Waals surface area contributed by atoms with Crippen molar-refractivity contribution in [2.75, 3.05) is 25.1 Å². The molecule has 2 aromatic rings. The van der Waals surface area contributed by atoms with Crippen molar-refractivity contribution in [2.24, 2.45) is 5.92 Å². The minimum absolute atomic E-state index is 0.0827. The number of aliphatic hydroxyl groups excluding tert-OH is 1. The molecule has 4 atom stereocenters. The smallest absolute Gasteiger partial charge is 0.126 e. The summed E-state index contributed by atoms with van der Waals surface area (Å²) in [7, 11) is 0. The number of likely N-dealkylation sites (tertiary alicyclic amines) is 1. The number of ether oxygens (including phenoxy) is 1. The summed E-state index contributed by atoms with van der Waals surface area (Å²) in [6.07, 6.45) is 11.5. The van der Waals surface area contributed by atoms with Crippen LogP contribution >= 0.6 is 11.3 Å². The summed E-state index contributed by atoms with van der Waals surface area (Å²) in [4.78, 5) is 10.3. The SMILES string of the molecule is CCc1cc2c(s1)CCO[C@@]21CCN(Cc2ccc(N[C@@H]3C=C[C@H](CO)C3)nc2)[C@@H](C)C1. The minimum Gasteiger partial charge on any atom is -0.396 e. The average Bonchev–Trinajstić information content (AvgIpc) is 3.44. The van der Waals surface area contributed by atoms with E-state index in [-0.39, 0.29) is 24.2 Å². The topological polar surface area (TPSA) is 57.6 Å². The summed E-state index contributed by atoms with van der Waals surface area (Å²) in [5, 5.41) is 12.8. The summed E-state index contributed by atoms with van der Waals surface area (Å²) in [6.45, 7) is 7.65. The molecule has 0 saturated carbocycles. The number of hydrogen-bond acceptors (Lipinski definition) is 6. The molecular weight excluding hydrogens is 418 g/mol. The van der Waals surface area contributed by atoms with Gasteiger partial charge >= 0.3 is 0 Å². The second-order valence-electron chi connectivity index (χ2n) is 9.64. The second-order valence-corrected chi connectivity index (χ2v) is 10.9. The molecule has 0 unspecified atom stereocenters. The second kappa shape index (κ2) is 9.26. The van der Waals surface area contributed by atoms with Crippen LogP contribution in [-0.4, -0.2) is 46.8 Å². The van der Waals surface area contributed by atoms with Gasteiger partial charge in [-0.25, -0.2) is 4.98 Å². The number of aromatic nitrogens is 1. The number of fused-ring (bicyclic) bond motifs is 2. The number of rotatable bonds is 6. The van der Waals surface area contributed by atoms with Gasteiger partial charge in [-0.3, -0.25) is 4.90 Å². The lowest BCUT2D eigenvalue weighted by atomic mass is 9.79. The van der Waals surface area contributed by atoms with Gasteiger partial charge in [-0.05, 0) is 55.9 Å². The Balaban J connectivity index is 1.20. The molecule has 0 bridgehead atoms. The quantitative estimate of drug-likeness (QED) is 0.631. The molecule has 0 radical (unpaired) electrons. The van der Waals surface area contributed by atoms with Gasteiger partial charge in [0, 0.05) is 60.1 Å². The molecule has 2 aliphatic heterocycles. The lowest BCUT2D eigenvalue weighted by Crippen LogP contribution is -2.50. The van der Waals surface area contributed by atoms with Crippen molar-refractivity contribution in [3.05, 3.63) is 57.4 Å². The van der Waals surface area contributed by atoms with Crippen LogP contribution in [0.2, 0.25) is 0 Å². The van der Waals surface area contributed by atoms with Crippen LogP contribution in [0.1, 0.15) is 54.0 Å². The summed E-state index contributed by atoms with van der Waals surface area (Å²) in [5.74, 6) is 1.17. The number of nitrogens with one attached hydrogen (secondary N) is 1. The fourth-order valence-electron chi connectivity index (χ4n) is 5.55. The number of thiophene rings is 1. The molecule has 32 heavy (non-hydrogen) atoms. The van der Waals surface area contributed by atoms with E-state index < -0.39 is 0 Å². The van der Waals surface area contributed by atoms with Crippen molar-refractivity contribution >= 4 is 17.2 Å². The fourth-order valence-corrected chi connectivity index (χ4v) is 6.73. The predicted molar refractivity (Wildman–Crippen MR) is 130 cm³/mol. The van der Waals surface area contributed by atoms with E-state index in [2.05, 4.69) is 59.4 Å². The van der Waals surface area contributed by atoms with Crippen LogP contribution in [0.3, 0.4) is 0 Å². The van der Waals surface area contributed by atoms with E-state index in [1.807, 2.05) is 17.5 Å². The first-order valence-electron chi connectivity index (χ1n) is 12.1. The molecule has 5 nitrogen and oxygen atoms in total. The number of hydrogen-bond donors (Lipinski definition) is 2. The third-order valence-corrected chi connectivity index (χ3v) is 8.75. The van der Waals surface area contributed by atoms with Crippen molar-refractivity contribution in [3.63, 3.8) is 0 Å². The third-order valence-electron chi connectivity index (χ3n) is 7.41. The summed E-state index contributed by atoms with van der Waals surface area (Å²) >= 11 is 2.00. The van der Waals surface area contributed by atoms with E-state index in [1.54, 1.807) is 4.88 Å². The van der Waals surface area contributed by atoms with Gasteiger partial charge in [0.25, 0.3) is 0 Å². The van der Waals surface area contributed by atoms with E-state index in [0.717, 1.165) is 57.6 Å². The van der Waals surface area contributed by atoms with E-state index in [9.17, 15) is 5.11 Å². The lowest BCUT2D eigenvalue weighted by Gasteiger charge is -2.47. The number of pyridine rings is 1. The van der Waals surface area contributed by atoms with Crippen molar-refractivity contribution in [3.8, 4) is 0 Å². The molecule has 172 valence electrons. The summed E-state index contributed by atoms with van der Waals surface area (Å²) < 4.78 is 6.49. The first-order chi connectivity index (χ1) is 15.6. The van der Waals surface area contributed by atoms with Gasteiger partial charge in [0.1, 0.15) is 5.82 Å². The van der Waals surface area contributed by atoms with E-state index in [1.165, 1.54) is 16.0 Å². The monoisotopic (exact) mass is 453 g/mol. The van der Waals surface area contributed by atoms with Gasteiger partial charge in [0.2, 0.25) is 0 Å². The van der Waals surface area contributed by atoms with Gasteiger partial charge in [0.05, 0.1) is 12.2 Å². The van der Waals surface area contributed by atoms with Crippen LogP contribution in [0.25, 0.3) is 0 Å². The largest absolute Gasteiger partial charge is 0.396 e. The highest BCUT2D eigenvalue weighted by molar-refractivity contribution is 7.12. The normalized spacial score (nSPS) is 30.0. The molecule has 1 spiro atoms. The maximum Gasteiger partial charge on any atom is 0.126 e. The van der Waals surface area contributed by atoms with Gasteiger partial charge in [-0.1, -0.05) is 25.1 Å². The van der Waals surface area contributed by atoms with Crippen LogP contribution in [-0.2, 0) is 29.7 Å². The van der Waals surface area contributed by atoms with Crippen LogP contribution in [0, 0.1) is 5.92 Å². The lowest BCUT2D eigenvalue weighted by molar-refractivity contribution is -0.112. The zero-order valence-corrected chi connectivity index (χ0v) is 20.0. The standard InChI is InChI=1S/C26H35N3O2S/c1-3-22-13-23-24(32-22)8-11-31-26(23)9-10-29(18(2)14-26)16-20-5-7-25(27-15-20)28-21-6-4-19(12-21)17-30/h4-7,13,15,18-19,21,30H,3,8-12,14,16-17H2,1-2H3,(H,27,28)/t18-,19-,21+,26+/m0/s1. The van der Waals surface area contributed by atoms with Crippen LogP contribution in [0.4, 0.5) is 5.82 Å². The van der Waals surface area contributed by atoms with Gasteiger partial charge in [-0.2, -0.15) is 0 Å². The third kappa shape index (κ3) is 4.38. The molecule has 5 rings (SSSR count). The Morgan fingerprint density at radius 1 is 1.34 bits per heavy atom. The number of aliphatic hydroxyl groups is 1. The highest BCUT2D eigenvalue weighted by atomic mass is 32.1. The molecule has 2 aromatic heterocycles. The maximum atomic E-state index is 9.30. The van der Waals surface area contributed by atoms with E-state index in [4.69, 9.17) is 4.74 Å². The Labute approximate surface area is 195 Å². The number of aryl methyl sites for hydroxylation is 1. The molecule has 1 aliphatic carbocycles. The molecule has 1 fully saturated rings. The van der Waals surface area contributed by atoms with Crippen molar-refractivity contribution in [1.82, 2.24) is 9.88 Å². The Kier molecular flexibility index (Phi) is 6.39. The zero-order valence-electron chi connectivity index (χ0n) is 19.2. The van der Waals surface area contributed by atoms with E-state index in [0.29, 0.717) is 6.04 Å².